The maximum atomic E-state index is 14.4. The van der Waals surface area contributed by atoms with Crippen molar-refractivity contribution in [2.45, 2.75) is 13.2 Å². The molecule has 3 N–H and O–H groups in total. The highest BCUT2D eigenvalue weighted by Crippen LogP contribution is 2.50. The second-order valence-electron chi connectivity index (χ2n) is 9.06. The van der Waals surface area contributed by atoms with E-state index in [1.807, 2.05) is 0 Å². The van der Waals surface area contributed by atoms with Crippen LogP contribution >= 0.6 is 19.2 Å². The molecule has 0 fully saturated rings. The van der Waals surface area contributed by atoms with Crippen molar-refractivity contribution in [3.63, 3.8) is 0 Å². The number of nitrogens with one attached hydrogen (secondary N) is 1. The van der Waals surface area contributed by atoms with Crippen LogP contribution in [0.25, 0.3) is 16.9 Å². The zero-order valence-electron chi connectivity index (χ0n) is 22.7. The Morgan fingerprint density at radius 1 is 1.19 bits per heavy atom. The number of methoxy groups -OCH3 is 1. The molecule has 0 radical (unpaired) electrons. The maximum absolute atomic E-state index is 14.4. The fraction of sp³-hybridized carbons (Fsp3) is 0.222. The first-order valence-electron chi connectivity index (χ1n) is 12.7. The van der Waals surface area contributed by atoms with Crippen LogP contribution in [-0.2, 0) is 41.0 Å². The van der Waals surface area contributed by atoms with Gasteiger partial charge in [0.2, 0.25) is 5.95 Å². The van der Waals surface area contributed by atoms with E-state index in [0.29, 0.717) is 16.1 Å². The molecular weight excluding hydrogens is 608 g/mol. The van der Waals surface area contributed by atoms with Crippen LogP contribution in [0.1, 0.15) is 11.1 Å². The average molecular weight is 634 g/mol. The van der Waals surface area contributed by atoms with Gasteiger partial charge in [-0.25, -0.2) is 9.37 Å². The number of aromatic amines is 1. The average Bonchev–Trinajstić information content (AvgIpc) is 3.56. The number of anilines is 1. The molecule has 0 saturated heterocycles. The number of H-pyrrole nitrogens is 1. The number of benzene rings is 2. The fourth-order valence-corrected chi connectivity index (χ4v) is 5.49. The summed E-state index contributed by atoms with van der Waals surface area (Å²) >= 11 is 6.07. The van der Waals surface area contributed by atoms with Crippen molar-refractivity contribution in [1.82, 2.24) is 19.5 Å². The minimum atomic E-state index is -3.96. The third-order valence-corrected chi connectivity index (χ3v) is 7.83. The minimum Gasteiger partial charge on any atom is -0.494 e. The van der Waals surface area contributed by atoms with Crippen molar-refractivity contribution >= 4 is 42.1 Å². The van der Waals surface area contributed by atoms with E-state index in [1.165, 1.54) is 25.6 Å². The number of halogens is 2. The Bertz CT molecular complexity index is 1810. The molecule has 4 aromatic rings. The smallest absolute Gasteiger partial charge is 0.356 e. The molecule has 226 valence electrons. The topological polar surface area (TPSA) is 162 Å². The third-order valence-electron chi connectivity index (χ3n) is 6.05. The van der Waals surface area contributed by atoms with Crippen molar-refractivity contribution < 1.29 is 37.0 Å². The molecule has 5 rings (SSSR count). The van der Waals surface area contributed by atoms with Crippen LogP contribution in [0.2, 0.25) is 5.02 Å². The quantitative estimate of drug-likeness (QED) is 0.154. The summed E-state index contributed by atoms with van der Waals surface area (Å²) in [4.78, 5) is 22.6. The van der Waals surface area contributed by atoms with Gasteiger partial charge in [0.05, 0.1) is 26.7 Å². The van der Waals surface area contributed by atoms with Crippen molar-refractivity contribution in [3.05, 3.63) is 99.4 Å². The van der Waals surface area contributed by atoms with Crippen LogP contribution in [0.3, 0.4) is 0 Å². The Kier molecular flexibility index (Phi) is 9.14. The molecule has 1 unspecified atom stereocenters. The van der Waals surface area contributed by atoms with Gasteiger partial charge in [0.15, 0.2) is 34.2 Å². The van der Waals surface area contributed by atoms with Crippen molar-refractivity contribution in [3.8, 4) is 5.75 Å². The van der Waals surface area contributed by atoms with E-state index in [0.717, 1.165) is 0 Å². The lowest BCUT2D eigenvalue weighted by Gasteiger charge is -2.19. The molecule has 3 heterocycles. The zero-order valence-corrected chi connectivity index (χ0v) is 24.4. The predicted octanol–water partition coefficient (Wildman–Crippen LogP) is 4.79. The van der Waals surface area contributed by atoms with Gasteiger partial charge in [-0.1, -0.05) is 23.7 Å². The molecule has 0 aliphatic carbocycles. The second-order valence-corrected chi connectivity index (χ2v) is 11.5. The second kappa shape index (κ2) is 13.0. The first-order chi connectivity index (χ1) is 20.6. The lowest BCUT2D eigenvalue weighted by Crippen LogP contribution is -2.13. The molecule has 16 heteroatoms. The van der Waals surface area contributed by atoms with Gasteiger partial charge in [-0.15, -0.1) is 0 Å². The number of nitrogens with zero attached hydrogens (tertiary/aromatic N) is 3. The summed E-state index contributed by atoms with van der Waals surface area (Å²) in [5.74, 6) is -0.477. The normalized spacial score (nSPS) is 14.5. The third kappa shape index (κ3) is 7.24. The fourth-order valence-electron chi connectivity index (χ4n) is 4.04. The molecule has 0 bridgehead atoms. The summed E-state index contributed by atoms with van der Waals surface area (Å²) in [5, 5.41) is 0.477. The number of hydrogen-bond donors (Lipinski definition) is 2. The predicted molar refractivity (Wildman–Crippen MR) is 154 cm³/mol. The highest BCUT2D eigenvalue weighted by atomic mass is 35.5. The number of fused-ring (bicyclic) bond motifs is 1. The number of imidazole rings is 1. The van der Waals surface area contributed by atoms with Gasteiger partial charge < -0.3 is 33.8 Å². The maximum Gasteiger partial charge on any atom is 0.356 e. The van der Waals surface area contributed by atoms with E-state index in [4.69, 9.17) is 45.3 Å². The number of rotatable bonds is 13. The number of ether oxygens (including phenoxy) is 4. The molecule has 1 aliphatic heterocycles. The molecule has 43 heavy (non-hydrogen) atoms. The lowest BCUT2D eigenvalue weighted by molar-refractivity contribution is 0.115. The largest absolute Gasteiger partial charge is 0.494 e. The number of hydrogen-bond acceptors (Lipinski definition) is 11. The minimum absolute atomic E-state index is 0.0310. The zero-order chi connectivity index (χ0) is 30.6. The highest BCUT2D eigenvalue weighted by Gasteiger charge is 2.31. The van der Waals surface area contributed by atoms with Gasteiger partial charge in [0.1, 0.15) is 13.0 Å². The standard InChI is InChI=1S/C27H26ClFN5O8P/c1-16-41-22(24(42-16)18-6-7-21(37-2)20(29)11-18)13-40-43(36,39-12-17-4-3-5-19(28)10-17)15-38-9-8-34-14-31-23-25(34)32-27(30)33-26(23)35/h3-7,10-11,14H,1,8-9,12-13,15H2,2H3,(H3,30,32,33,35). The Labute approximate surface area is 249 Å². The van der Waals surface area contributed by atoms with Gasteiger partial charge in [-0.2, -0.15) is 4.98 Å². The van der Waals surface area contributed by atoms with Gasteiger partial charge in [-0.3, -0.25) is 18.9 Å². The lowest BCUT2D eigenvalue weighted by atomic mass is 10.1. The Hall–Kier alpha value is -4.20. The van der Waals surface area contributed by atoms with Gasteiger partial charge in [-0.05, 0) is 42.5 Å². The monoisotopic (exact) mass is 633 g/mol. The molecule has 0 spiro atoms. The summed E-state index contributed by atoms with van der Waals surface area (Å²) in [6, 6.07) is 11.0. The van der Waals surface area contributed by atoms with Crippen molar-refractivity contribution in [2.75, 3.05) is 32.4 Å². The van der Waals surface area contributed by atoms with E-state index >= 15 is 0 Å². The van der Waals surface area contributed by atoms with Crippen LogP contribution in [0.4, 0.5) is 10.3 Å². The van der Waals surface area contributed by atoms with Crippen LogP contribution in [-0.4, -0.2) is 46.2 Å². The molecule has 0 saturated carbocycles. The molecule has 0 amide bonds. The van der Waals surface area contributed by atoms with Crippen molar-refractivity contribution in [2.24, 2.45) is 0 Å². The number of aromatic nitrogens is 4. The van der Waals surface area contributed by atoms with Crippen LogP contribution in [0.15, 0.2) is 71.9 Å². The Morgan fingerprint density at radius 3 is 2.77 bits per heavy atom. The van der Waals surface area contributed by atoms with Crippen LogP contribution in [0.5, 0.6) is 5.75 Å². The number of nitrogen functional groups attached to an aromatic ring is 1. The van der Waals surface area contributed by atoms with E-state index in [1.54, 1.807) is 34.9 Å². The molecule has 2 aromatic heterocycles. The van der Waals surface area contributed by atoms with Crippen LogP contribution < -0.4 is 16.0 Å². The first kappa shape index (κ1) is 30.3. The Balaban J connectivity index is 1.30. The van der Waals surface area contributed by atoms with E-state index in [-0.39, 0.29) is 66.7 Å². The van der Waals surface area contributed by atoms with Crippen LogP contribution in [0, 0.1) is 5.82 Å². The van der Waals surface area contributed by atoms with E-state index < -0.39 is 25.3 Å². The summed E-state index contributed by atoms with van der Waals surface area (Å²) in [6.45, 7) is 3.40. The highest BCUT2D eigenvalue weighted by molar-refractivity contribution is 7.53. The van der Waals surface area contributed by atoms with E-state index in [9.17, 15) is 13.8 Å². The summed E-state index contributed by atoms with van der Waals surface area (Å²) < 4.78 is 63.0. The van der Waals surface area contributed by atoms with Gasteiger partial charge in [0.25, 0.3) is 11.5 Å². The molecule has 1 atom stereocenters. The van der Waals surface area contributed by atoms with Gasteiger partial charge in [0, 0.05) is 17.1 Å². The summed E-state index contributed by atoms with van der Waals surface area (Å²) in [7, 11) is -2.61. The SMILES string of the molecule is C=C1OC(COP(=O)(COCCn2cnc3c(=O)[nH]c(N)nc32)OCc2cccc(Cl)c2)=C(c2ccc(OC)c(F)c2)O1. The number of nitrogens with two attached hydrogens (primary N) is 1. The first-order valence-corrected chi connectivity index (χ1v) is 14.8. The molecule has 1 aliphatic rings. The molecule has 2 aromatic carbocycles. The summed E-state index contributed by atoms with van der Waals surface area (Å²) in [5.41, 5.74) is 6.54. The molecule has 13 nitrogen and oxygen atoms in total. The molecular formula is C27H26ClFN5O8P. The Morgan fingerprint density at radius 2 is 2.00 bits per heavy atom. The van der Waals surface area contributed by atoms with Gasteiger partial charge >= 0.3 is 7.60 Å². The van der Waals surface area contributed by atoms with Crippen molar-refractivity contribution in [1.29, 1.82) is 0 Å². The van der Waals surface area contributed by atoms with E-state index in [2.05, 4.69) is 21.5 Å². The summed E-state index contributed by atoms with van der Waals surface area (Å²) in [6.07, 6.45) is 0.972.